The fourth-order valence-electron chi connectivity index (χ4n) is 1.34. The van der Waals surface area contributed by atoms with Crippen LogP contribution in [0.5, 0.6) is 0 Å². The molecule has 0 bridgehead atoms. The maximum Gasteiger partial charge on any atom is 0.110 e. The van der Waals surface area contributed by atoms with Crippen LogP contribution in [0.2, 0.25) is 0 Å². The highest BCUT2D eigenvalue weighted by Gasteiger charge is 2.08. The number of hydrogen-bond donors (Lipinski definition) is 1. The van der Waals surface area contributed by atoms with E-state index in [9.17, 15) is 0 Å². The molecule has 5 heteroatoms. The number of aryl methyl sites for hydroxylation is 1. The van der Waals surface area contributed by atoms with Crippen LogP contribution in [-0.4, -0.2) is 15.0 Å². The van der Waals surface area contributed by atoms with Crippen LogP contribution in [0.4, 0.5) is 0 Å². The summed E-state index contributed by atoms with van der Waals surface area (Å²) in [6, 6.07) is 0.251. The highest BCUT2D eigenvalue weighted by Crippen LogP contribution is 2.17. The van der Waals surface area contributed by atoms with Gasteiger partial charge in [-0.2, -0.15) is 0 Å². The van der Waals surface area contributed by atoms with Crippen molar-refractivity contribution < 1.29 is 0 Å². The van der Waals surface area contributed by atoms with E-state index in [0.29, 0.717) is 6.54 Å². The molecule has 2 heterocycles. The van der Waals surface area contributed by atoms with E-state index in [1.54, 1.807) is 29.9 Å². The molecule has 0 aromatic carbocycles. The fourth-order valence-corrected chi connectivity index (χ4v) is 2.17. The third-order valence-corrected chi connectivity index (χ3v) is 3.36. The first kappa shape index (κ1) is 11.2. The Labute approximate surface area is 98.8 Å². The van der Waals surface area contributed by atoms with Gasteiger partial charge in [-0.05, 0) is 13.8 Å². The van der Waals surface area contributed by atoms with E-state index >= 15 is 0 Å². The van der Waals surface area contributed by atoms with Gasteiger partial charge in [0.05, 0.1) is 11.7 Å². The van der Waals surface area contributed by atoms with Crippen molar-refractivity contribution in [3.63, 3.8) is 0 Å². The zero-order valence-corrected chi connectivity index (χ0v) is 10.2. The number of nitrogens with one attached hydrogen (secondary N) is 1. The summed E-state index contributed by atoms with van der Waals surface area (Å²) in [5.41, 5.74) is 2.02. The molecule has 1 unspecified atom stereocenters. The van der Waals surface area contributed by atoms with E-state index in [2.05, 4.69) is 32.6 Å². The lowest BCUT2D eigenvalue weighted by Crippen LogP contribution is -2.18. The third-order valence-electron chi connectivity index (χ3n) is 2.21. The van der Waals surface area contributed by atoms with Crippen molar-refractivity contribution in [2.45, 2.75) is 26.4 Å². The number of aromatic nitrogens is 3. The van der Waals surface area contributed by atoms with Crippen molar-refractivity contribution in [1.29, 1.82) is 0 Å². The third kappa shape index (κ3) is 2.84. The first-order valence-corrected chi connectivity index (χ1v) is 6.04. The van der Waals surface area contributed by atoms with Gasteiger partial charge in [-0.1, -0.05) is 0 Å². The average Bonchev–Trinajstić information content (AvgIpc) is 2.74. The number of thiazole rings is 1. The van der Waals surface area contributed by atoms with Gasteiger partial charge in [-0.3, -0.25) is 9.97 Å². The highest BCUT2D eigenvalue weighted by molar-refractivity contribution is 7.09. The Bertz CT molecular complexity index is 440. The van der Waals surface area contributed by atoms with E-state index in [0.717, 1.165) is 16.4 Å². The molecule has 1 N–H and O–H groups in total. The van der Waals surface area contributed by atoms with E-state index < -0.39 is 0 Å². The topological polar surface area (TPSA) is 50.7 Å². The molecule has 0 aliphatic carbocycles. The van der Waals surface area contributed by atoms with Gasteiger partial charge < -0.3 is 5.32 Å². The zero-order chi connectivity index (χ0) is 11.4. The Morgan fingerprint density at radius 1 is 1.44 bits per heavy atom. The lowest BCUT2D eigenvalue weighted by molar-refractivity contribution is 0.563. The molecule has 84 valence electrons. The molecule has 2 aromatic rings. The fraction of sp³-hybridized carbons (Fsp3) is 0.364. The number of hydrogen-bond acceptors (Lipinski definition) is 5. The molecule has 2 aromatic heterocycles. The van der Waals surface area contributed by atoms with Gasteiger partial charge in [-0.25, -0.2) is 4.98 Å². The summed E-state index contributed by atoms with van der Waals surface area (Å²) in [6.07, 6.45) is 5.15. The van der Waals surface area contributed by atoms with Gasteiger partial charge in [0.25, 0.3) is 0 Å². The monoisotopic (exact) mass is 234 g/mol. The Morgan fingerprint density at radius 3 is 2.94 bits per heavy atom. The quantitative estimate of drug-likeness (QED) is 0.880. The number of rotatable bonds is 4. The van der Waals surface area contributed by atoms with Gasteiger partial charge in [0.1, 0.15) is 5.01 Å². The Morgan fingerprint density at radius 2 is 2.31 bits per heavy atom. The second-order valence-electron chi connectivity index (χ2n) is 3.63. The van der Waals surface area contributed by atoms with Crippen LogP contribution in [0.15, 0.2) is 24.0 Å². The molecule has 4 nitrogen and oxygen atoms in total. The van der Waals surface area contributed by atoms with Crippen LogP contribution in [0.25, 0.3) is 0 Å². The van der Waals surface area contributed by atoms with Gasteiger partial charge in [0.2, 0.25) is 0 Å². The van der Waals surface area contributed by atoms with Gasteiger partial charge in [-0.15, -0.1) is 11.3 Å². The summed E-state index contributed by atoms with van der Waals surface area (Å²) in [5, 5.41) is 6.55. The van der Waals surface area contributed by atoms with Crippen LogP contribution in [-0.2, 0) is 6.54 Å². The second-order valence-corrected chi connectivity index (χ2v) is 4.52. The molecule has 0 amide bonds. The summed E-state index contributed by atoms with van der Waals surface area (Å²) < 4.78 is 0. The van der Waals surface area contributed by atoms with E-state index in [4.69, 9.17) is 0 Å². The van der Waals surface area contributed by atoms with E-state index in [1.165, 1.54) is 0 Å². The normalized spacial score (nSPS) is 12.6. The van der Waals surface area contributed by atoms with Crippen LogP contribution < -0.4 is 5.32 Å². The Hall–Kier alpha value is -1.33. The standard InChI is InChI=1S/C11H14N4S/c1-8-7-16-11(15-8)9(2)14-6-10-5-12-3-4-13-10/h3-5,7,9,14H,6H2,1-2H3. The molecule has 0 saturated heterocycles. The lowest BCUT2D eigenvalue weighted by atomic mass is 10.3. The molecule has 16 heavy (non-hydrogen) atoms. The van der Waals surface area contributed by atoms with Gasteiger partial charge >= 0.3 is 0 Å². The molecule has 1 atom stereocenters. The van der Waals surface area contributed by atoms with Crippen LogP contribution in [0, 0.1) is 6.92 Å². The van der Waals surface area contributed by atoms with Crippen molar-refractivity contribution in [3.8, 4) is 0 Å². The smallest absolute Gasteiger partial charge is 0.110 e. The van der Waals surface area contributed by atoms with Crippen LogP contribution in [0.3, 0.4) is 0 Å². The molecule has 0 radical (unpaired) electrons. The maximum atomic E-state index is 4.44. The highest BCUT2D eigenvalue weighted by atomic mass is 32.1. The van der Waals surface area contributed by atoms with Crippen LogP contribution in [0.1, 0.15) is 29.4 Å². The first-order chi connectivity index (χ1) is 7.75. The summed E-state index contributed by atoms with van der Waals surface area (Å²) in [6.45, 7) is 4.83. The molecule has 0 aliphatic rings. The van der Waals surface area contributed by atoms with Crippen molar-refractivity contribution in [3.05, 3.63) is 40.4 Å². The molecule has 0 saturated carbocycles. The number of nitrogens with zero attached hydrogens (tertiary/aromatic N) is 3. The minimum absolute atomic E-state index is 0.251. The van der Waals surface area contributed by atoms with Crippen molar-refractivity contribution in [2.75, 3.05) is 0 Å². The molecule has 0 fully saturated rings. The van der Waals surface area contributed by atoms with Crippen molar-refractivity contribution in [1.82, 2.24) is 20.3 Å². The van der Waals surface area contributed by atoms with Crippen molar-refractivity contribution in [2.24, 2.45) is 0 Å². The van der Waals surface area contributed by atoms with Gasteiger partial charge in [0, 0.05) is 36.2 Å². The predicted molar refractivity (Wildman–Crippen MR) is 64.1 cm³/mol. The summed E-state index contributed by atoms with van der Waals surface area (Å²) >= 11 is 1.68. The Balaban J connectivity index is 1.91. The minimum Gasteiger partial charge on any atom is -0.302 e. The van der Waals surface area contributed by atoms with Crippen LogP contribution >= 0.6 is 11.3 Å². The van der Waals surface area contributed by atoms with E-state index in [-0.39, 0.29) is 6.04 Å². The SMILES string of the molecule is Cc1csc(C(C)NCc2cnccn2)n1. The average molecular weight is 234 g/mol. The lowest BCUT2D eigenvalue weighted by Gasteiger charge is -2.09. The summed E-state index contributed by atoms with van der Waals surface area (Å²) in [4.78, 5) is 12.7. The van der Waals surface area contributed by atoms with Gasteiger partial charge in [0.15, 0.2) is 0 Å². The largest absolute Gasteiger partial charge is 0.302 e. The minimum atomic E-state index is 0.251. The zero-order valence-electron chi connectivity index (χ0n) is 9.34. The van der Waals surface area contributed by atoms with Crippen molar-refractivity contribution >= 4 is 11.3 Å². The summed E-state index contributed by atoms with van der Waals surface area (Å²) in [5.74, 6) is 0. The second kappa shape index (κ2) is 5.14. The molecular formula is C11H14N4S. The van der Waals surface area contributed by atoms with E-state index in [1.807, 2.05) is 6.92 Å². The first-order valence-electron chi connectivity index (χ1n) is 5.16. The Kier molecular flexibility index (Phi) is 3.58. The molecule has 0 spiro atoms. The maximum absolute atomic E-state index is 4.44. The summed E-state index contributed by atoms with van der Waals surface area (Å²) in [7, 11) is 0. The molecular weight excluding hydrogens is 220 g/mol. The molecule has 2 rings (SSSR count). The predicted octanol–water partition coefficient (Wildman–Crippen LogP) is 2.09. The molecule has 0 aliphatic heterocycles.